The van der Waals surface area contributed by atoms with E-state index in [1.54, 1.807) is 12.4 Å². The third kappa shape index (κ3) is 4.28. The van der Waals surface area contributed by atoms with Gasteiger partial charge in [0, 0.05) is 0 Å². The van der Waals surface area contributed by atoms with Crippen LogP contribution in [-0.4, -0.2) is 30.2 Å². The van der Waals surface area contributed by atoms with Gasteiger partial charge in [0.15, 0.2) is 6.61 Å². The van der Waals surface area contributed by atoms with E-state index >= 15 is 0 Å². The highest BCUT2D eigenvalue weighted by Crippen LogP contribution is 2.11. The molecular weight excluding hydrogens is 202 g/mol. The summed E-state index contributed by atoms with van der Waals surface area (Å²) in [6.07, 6.45) is 3.37. The van der Waals surface area contributed by atoms with Crippen molar-refractivity contribution in [2.24, 2.45) is 0 Å². The Morgan fingerprint density at radius 3 is 2.69 bits per heavy atom. The van der Waals surface area contributed by atoms with Crippen molar-refractivity contribution in [3.8, 4) is 17.7 Å². The summed E-state index contributed by atoms with van der Waals surface area (Å²) >= 11 is 0. The molecule has 0 bridgehead atoms. The lowest BCUT2D eigenvalue weighted by atomic mass is 10.1. The monoisotopic (exact) mass is 219 g/mol. The van der Waals surface area contributed by atoms with E-state index < -0.39 is 0 Å². The molecule has 0 aliphatic rings. The zero-order valence-electron chi connectivity index (χ0n) is 9.95. The van der Waals surface area contributed by atoms with E-state index in [-0.39, 0.29) is 0 Å². The number of rotatable bonds is 4. The molecule has 0 amide bonds. The van der Waals surface area contributed by atoms with Crippen molar-refractivity contribution in [2.75, 3.05) is 20.2 Å². The summed E-state index contributed by atoms with van der Waals surface area (Å²) in [6.45, 7) is 5.17. The van der Waals surface area contributed by atoms with Crippen LogP contribution in [0.3, 0.4) is 0 Å². The maximum atomic E-state index is 5.31. The van der Waals surface area contributed by atoms with E-state index in [0.29, 0.717) is 24.9 Å². The first kappa shape index (κ1) is 12.5. The Morgan fingerprint density at radius 2 is 2.12 bits per heavy atom. The van der Waals surface area contributed by atoms with Crippen molar-refractivity contribution in [3.05, 3.63) is 18.1 Å². The molecule has 4 heteroatoms. The van der Waals surface area contributed by atoms with Crippen molar-refractivity contribution in [1.29, 1.82) is 0 Å². The molecule has 1 aromatic heterocycles. The van der Waals surface area contributed by atoms with E-state index in [0.717, 1.165) is 5.69 Å². The fourth-order valence-corrected chi connectivity index (χ4v) is 1.01. The second-order valence-corrected chi connectivity index (χ2v) is 3.61. The summed E-state index contributed by atoms with van der Waals surface area (Å²) in [4.78, 5) is 8.39. The van der Waals surface area contributed by atoms with E-state index in [1.807, 2.05) is 7.05 Å². The fourth-order valence-electron chi connectivity index (χ4n) is 1.01. The average Bonchev–Trinajstić information content (AvgIpc) is 2.29. The minimum absolute atomic E-state index is 0.345. The van der Waals surface area contributed by atoms with Gasteiger partial charge in [-0.15, -0.1) is 0 Å². The Morgan fingerprint density at radius 1 is 1.31 bits per heavy atom. The van der Waals surface area contributed by atoms with Crippen LogP contribution in [0.25, 0.3) is 0 Å². The van der Waals surface area contributed by atoms with Gasteiger partial charge >= 0.3 is 0 Å². The molecule has 0 atom stereocenters. The third-order valence-electron chi connectivity index (χ3n) is 1.92. The Labute approximate surface area is 96.5 Å². The number of hydrogen-bond acceptors (Lipinski definition) is 4. The maximum absolute atomic E-state index is 5.31. The molecule has 86 valence electrons. The summed E-state index contributed by atoms with van der Waals surface area (Å²) in [5, 5.41) is 2.93. The van der Waals surface area contributed by atoms with Crippen molar-refractivity contribution < 1.29 is 4.74 Å². The first-order valence-corrected chi connectivity index (χ1v) is 5.29. The van der Waals surface area contributed by atoms with Gasteiger partial charge < -0.3 is 10.1 Å². The van der Waals surface area contributed by atoms with Crippen molar-refractivity contribution >= 4 is 0 Å². The summed E-state index contributed by atoms with van der Waals surface area (Å²) < 4.78 is 5.31. The molecule has 0 aliphatic carbocycles. The molecule has 4 nitrogen and oxygen atoms in total. The topological polar surface area (TPSA) is 47.0 Å². The Balaban J connectivity index is 2.41. The zero-order valence-corrected chi connectivity index (χ0v) is 9.95. The maximum Gasteiger partial charge on any atom is 0.233 e. The standard InChI is InChI=1S/C12H17N3O/c1-10(2)11-8-15-12(9-14-11)16-7-5-4-6-13-3/h8-10,13H,6-7H2,1-3H3. The van der Waals surface area contributed by atoms with Gasteiger partial charge in [-0.3, -0.25) is 4.98 Å². The largest absolute Gasteiger partial charge is 0.463 e. The quantitative estimate of drug-likeness (QED) is 0.773. The molecule has 0 fully saturated rings. The lowest BCUT2D eigenvalue weighted by Crippen LogP contribution is -2.05. The van der Waals surface area contributed by atoms with Crippen LogP contribution in [-0.2, 0) is 0 Å². The number of nitrogens with one attached hydrogen (secondary N) is 1. The first-order chi connectivity index (χ1) is 7.74. The molecule has 0 unspecified atom stereocenters. The minimum Gasteiger partial charge on any atom is -0.463 e. The van der Waals surface area contributed by atoms with E-state index in [9.17, 15) is 0 Å². The molecule has 1 rings (SSSR count). The van der Waals surface area contributed by atoms with Gasteiger partial charge in [-0.25, -0.2) is 4.98 Å². The summed E-state index contributed by atoms with van der Waals surface area (Å²) in [5.74, 6) is 6.67. The van der Waals surface area contributed by atoms with Crippen LogP contribution in [0.1, 0.15) is 25.5 Å². The van der Waals surface area contributed by atoms with Gasteiger partial charge in [-0.1, -0.05) is 25.7 Å². The molecule has 0 saturated heterocycles. The van der Waals surface area contributed by atoms with Crippen LogP contribution in [0.4, 0.5) is 0 Å². The first-order valence-electron chi connectivity index (χ1n) is 5.29. The van der Waals surface area contributed by atoms with E-state index in [2.05, 4.69) is 41.0 Å². The number of hydrogen-bond donors (Lipinski definition) is 1. The lowest BCUT2D eigenvalue weighted by Gasteiger charge is -2.04. The predicted octanol–water partition coefficient (Wildman–Crippen LogP) is 1.20. The predicted molar refractivity (Wildman–Crippen MR) is 63.3 cm³/mol. The molecule has 1 heterocycles. The smallest absolute Gasteiger partial charge is 0.233 e. The zero-order chi connectivity index (χ0) is 11.8. The number of ether oxygens (including phenoxy) is 1. The lowest BCUT2D eigenvalue weighted by molar-refractivity contribution is 0.353. The normalized spacial score (nSPS) is 9.75. The van der Waals surface area contributed by atoms with E-state index in [1.165, 1.54) is 0 Å². The van der Waals surface area contributed by atoms with Crippen LogP contribution in [0.15, 0.2) is 12.4 Å². The average molecular weight is 219 g/mol. The Kier molecular flexibility index (Phi) is 5.30. The molecule has 0 aliphatic heterocycles. The van der Waals surface area contributed by atoms with Crippen LogP contribution in [0.5, 0.6) is 5.88 Å². The highest BCUT2D eigenvalue weighted by atomic mass is 16.5. The SMILES string of the molecule is CNCC#CCOc1cnc(C(C)C)cn1. The summed E-state index contributed by atoms with van der Waals surface area (Å²) in [6, 6.07) is 0. The Bertz CT molecular complexity index is 362. The van der Waals surface area contributed by atoms with Gasteiger partial charge in [-0.05, 0) is 13.0 Å². The number of aromatic nitrogens is 2. The van der Waals surface area contributed by atoms with Crippen LogP contribution in [0.2, 0.25) is 0 Å². The van der Waals surface area contributed by atoms with Crippen molar-refractivity contribution in [3.63, 3.8) is 0 Å². The van der Waals surface area contributed by atoms with Gasteiger partial charge in [-0.2, -0.15) is 0 Å². The van der Waals surface area contributed by atoms with Gasteiger partial charge in [0.05, 0.1) is 24.6 Å². The van der Waals surface area contributed by atoms with Crippen LogP contribution < -0.4 is 10.1 Å². The highest BCUT2D eigenvalue weighted by Gasteiger charge is 2.01. The summed E-state index contributed by atoms with van der Waals surface area (Å²) in [7, 11) is 1.85. The second-order valence-electron chi connectivity index (χ2n) is 3.61. The molecule has 1 N–H and O–H groups in total. The van der Waals surface area contributed by atoms with E-state index in [4.69, 9.17) is 4.74 Å². The number of nitrogens with zero attached hydrogens (tertiary/aromatic N) is 2. The molecular formula is C12H17N3O. The third-order valence-corrected chi connectivity index (χ3v) is 1.92. The fraction of sp³-hybridized carbons (Fsp3) is 0.500. The molecule has 1 aromatic rings. The molecule has 0 radical (unpaired) electrons. The molecule has 0 aromatic carbocycles. The van der Waals surface area contributed by atoms with Gasteiger partial charge in [0.1, 0.15) is 0 Å². The van der Waals surface area contributed by atoms with Crippen molar-refractivity contribution in [2.45, 2.75) is 19.8 Å². The van der Waals surface area contributed by atoms with Crippen molar-refractivity contribution in [1.82, 2.24) is 15.3 Å². The molecule has 16 heavy (non-hydrogen) atoms. The summed E-state index contributed by atoms with van der Waals surface area (Å²) in [5.41, 5.74) is 0.966. The Hall–Kier alpha value is -1.60. The second kappa shape index (κ2) is 6.81. The minimum atomic E-state index is 0.345. The van der Waals surface area contributed by atoms with Crippen LogP contribution >= 0.6 is 0 Å². The van der Waals surface area contributed by atoms with Crippen LogP contribution in [0, 0.1) is 11.8 Å². The molecule has 0 saturated carbocycles. The molecule has 0 spiro atoms. The van der Waals surface area contributed by atoms with Gasteiger partial charge in [0.25, 0.3) is 0 Å². The highest BCUT2D eigenvalue weighted by molar-refractivity contribution is 5.11. The van der Waals surface area contributed by atoms with Gasteiger partial charge in [0.2, 0.25) is 5.88 Å².